The van der Waals surface area contributed by atoms with Crippen LogP contribution in [-0.2, 0) is 6.42 Å². The number of aromatic amines is 1. The van der Waals surface area contributed by atoms with Gasteiger partial charge < -0.3 is 0 Å². The number of rotatable bonds is 2. The van der Waals surface area contributed by atoms with E-state index in [1.165, 1.54) is 22.4 Å². The average molecular weight is 312 g/mol. The van der Waals surface area contributed by atoms with Gasteiger partial charge >= 0.3 is 0 Å². The minimum atomic E-state index is 0.986. The third-order valence-corrected chi connectivity index (χ3v) is 3.35. The van der Waals surface area contributed by atoms with Gasteiger partial charge in [-0.05, 0) is 47.1 Å². The molecular formula is C12H13IN2. The van der Waals surface area contributed by atoms with Gasteiger partial charge in [0.25, 0.3) is 0 Å². The lowest BCUT2D eigenvalue weighted by molar-refractivity contribution is 0.968. The van der Waals surface area contributed by atoms with Crippen molar-refractivity contribution in [1.29, 1.82) is 0 Å². The van der Waals surface area contributed by atoms with Gasteiger partial charge in [0.2, 0.25) is 0 Å². The minimum Gasteiger partial charge on any atom is -0.281 e. The second-order valence-electron chi connectivity index (χ2n) is 3.54. The molecule has 0 aliphatic rings. The standard InChI is InChI=1S/C12H13IN2/c1-3-10-11(12(13)15-14-10)9-7-5-4-6-8(9)2/h4-7H,3H2,1-2H3,(H,14,15). The fourth-order valence-electron chi connectivity index (χ4n) is 1.74. The van der Waals surface area contributed by atoms with Crippen LogP contribution in [0.1, 0.15) is 18.2 Å². The summed E-state index contributed by atoms with van der Waals surface area (Å²) in [5, 5.41) is 7.36. The molecule has 0 aliphatic heterocycles. The fourth-order valence-corrected chi connectivity index (χ4v) is 2.47. The number of aromatic nitrogens is 2. The monoisotopic (exact) mass is 312 g/mol. The molecule has 0 spiro atoms. The number of H-pyrrole nitrogens is 1. The third-order valence-electron chi connectivity index (χ3n) is 2.57. The van der Waals surface area contributed by atoms with E-state index in [9.17, 15) is 0 Å². The highest BCUT2D eigenvalue weighted by Crippen LogP contribution is 2.29. The Bertz CT molecular complexity index is 474. The molecule has 1 aromatic heterocycles. The average Bonchev–Trinajstić information content (AvgIpc) is 2.60. The Hall–Kier alpha value is -0.840. The highest BCUT2D eigenvalue weighted by atomic mass is 127. The summed E-state index contributed by atoms with van der Waals surface area (Å²) in [6.07, 6.45) is 0.986. The molecule has 1 aromatic carbocycles. The molecule has 1 N–H and O–H groups in total. The minimum absolute atomic E-state index is 0.986. The van der Waals surface area contributed by atoms with E-state index in [0.29, 0.717) is 0 Å². The number of aryl methyl sites for hydroxylation is 2. The van der Waals surface area contributed by atoms with E-state index in [4.69, 9.17) is 0 Å². The van der Waals surface area contributed by atoms with Gasteiger partial charge in [0.05, 0.1) is 0 Å². The Morgan fingerprint density at radius 1 is 1.33 bits per heavy atom. The predicted octanol–water partition coefficient (Wildman–Crippen LogP) is 3.55. The molecule has 15 heavy (non-hydrogen) atoms. The maximum Gasteiger partial charge on any atom is 0.131 e. The summed E-state index contributed by atoms with van der Waals surface area (Å²) in [5.74, 6) is 0. The van der Waals surface area contributed by atoms with E-state index in [2.05, 4.69) is 70.9 Å². The van der Waals surface area contributed by atoms with Crippen molar-refractivity contribution in [3.8, 4) is 11.1 Å². The Balaban J connectivity index is 2.63. The third kappa shape index (κ3) is 1.93. The highest BCUT2D eigenvalue weighted by Gasteiger charge is 2.12. The van der Waals surface area contributed by atoms with E-state index in [1.54, 1.807) is 0 Å². The molecule has 0 saturated carbocycles. The molecule has 2 rings (SSSR count). The summed E-state index contributed by atoms with van der Waals surface area (Å²) in [6.45, 7) is 4.28. The van der Waals surface area contributed by atoms with Gasteiger partial charge in [0.1, 0.15) is 3.70 Å². The summed E-state index contributed by atoms with van der Waals surface area (Å²) in [5.41, 5.74) is 5.06. The fraction of sp³-hybridized carbons (Fsp3) is 0.250. The van der Waals surface area contributed by atoms with Crippen molar-refractivity contribution in [3.63, 3.8) is 0 Å². The lowest BCUT2D eigenvalue weighted by Gasteiger charge is -2.05. The second kappa shape index (κ2) is 4.35. The number of hydrogen-bond acceptors (Lipinski definition) is 1. The van der Waals surface area contributed by atoms with Crippen LogP contribution in [0.4, 0.5) is 0 Å². The van der Waals surface area contributed by atoms with Crippen LogP contribution < -0.4 is 0 Å². The van der Waals surface area contributed by atoms with E-state index in [-0.39, 0.29) is 0 Å². The van der Waals surface area contributed by atoms with E-state index in [0.717, 1.165) is 10.1 Å². The van der Waals surface area contributed by atoms with Crippen LogP contribution in [0.5, 0.6) is 0 Å². The summed E-state index contributed by atoms with van der Waals surface area (Å²) in [7, 11) is 0. The molecule has 0 amide bonds. The Morgan fingerprint density at radius 2 is 2.07 bits per heavy atom. The lowest BCUT2D eigenvalue weighted by Crippen LogP contribution is -1.88. The van der Waals surface area contributed by atoms with Crippen LogP contribution in [0, 0.1) is 10.6 Å². The summed E-state index contributed by atoms with van der Waals surface area (Å²) in [4.78, 5) is 0. The molecule has 0 unspecified atom stereocenters. The van der Waals surface area contributed by atoms with Crippen molar-refractivity contribution >= 4 is 22.6 Å². The Kier molecular flexibility index (Phi) is 3.09. The van der Waals surface area contributed by atoms with Crippen molar-refractivity contribution in [2.75, 3.05) is 0 Å². The van der Waals surface area contributed by atoms with Crippen LogP contribution in [0.3, 0.4) is 0 Å². The van der Waals surface area contributed by atoms with E-state index >= 15 is 0 Å². The zero-order chi connectivity index (χ0) is 10.8. The maximum atomic E-state index is 4.27. The van der Waals surface area contributed by atoms with Crippen molar-refractivity contribution < 1.29 is 0 Å². The number of hydrogen-bond donors (Lipinski definition) is 1. The number of nitrogens with one attached hydrogen (secondary N) is 1. The molecule has 0 aliphatic carbocycles. The summed E-state index contributed by atoms with van der Waals surface area (Å²) >= 11 is 2.28. The highest BCUT2D eigenvalue weighted by molar-refractivity contribution is 14.1. The topological polar surface area (TPSA) is 28.7 Å². The lowest BCUT2D eigenvalue weighted by atomic mass is 10.0. The zero-order valence-electron chi connectivity index (χ0n) is 8.84. The van der Waals surface area contributed by atoms with Crippen LogP contribution in [0.2, 0.25) is 0 Å². The first-order chi connectivity index (χ1) is 7.24. The largest absolute Gasteiger partial charge is 0.281 e. The van der Waals surface area contributed by atoms with Gasteiger partial charge in [-0.1, -0.05) is 31.2 Å². The molecule has 2 aromatic rings. The van der Waals surface area contributed by atoms with Gasteiger partial charge in [-0.2, -0.15) is 5.10 Å². The van der Waals surface area contributed by atoms with Crippen molar-refractivity contribution in [3.05, 3.63) is 39.2 Å². The first-order valence-corrected chi connectivity index (χ1v) is 6.10. The normalized spacial score (nSPS) is 10.6. The van der Waals surface area contributed by atoms with Crippen molar-refractivity contribution in [1.82, 2.24) is 10.2 Å². The van der Waals surface area contributed by atoms with Crippen molar-refractivity contribution in [2.45, 2.75) is 20.3 Å². The summed E-state index contributed by atoms with van der Waals surface area (Å²) in [6, 6.07) is 8.43. The molecule has 0 bridgehead atoms. The van der Waals surface area contributed by atoms with Crippen LogP contribution in [0.25, 0.3) is 11.1 Å². The molecule has 0 atom stereocenters. The SMILES string of the molecule is CCc1[nH]nc(I)c1-c1ccccc1C. The van der Waals surface area contributed by atoms with Crippen LogP contribution >= 0.6 is 22.6 Å². The Labute approximate surface area is 103 Å². The van der Waals surface area contributed by atoms with Gasteiger partial charge in [-0.3, -0.25) is 5.10 Å². The van der Waals surface area contributed by atoms with E-state index < -0.39 is 0 Å². The molecule has 78 valence electrons. The predicted molar refractivity (Wildman–Crippen MR) is 70.9 cm³/mol. The number of halogens is 1. The van der Waals surface area contributed by atoms with E-state index in [1.807, 2.05) is 0 Å². The first-order valence-electron chi connectivity index (χ1n) is 5.02. The summed E-state index contributed by atoms with van der Waals surface area (Å²) < 4.78 is 1.05. The molecule has 0 fully saturated rings. The zero-order valence-corrected chi connectivity index (χ0v) is 11.0. The number of nitrogens with zero attached hydrogens (tertiary/aromatic N) is 1. The number of benzene rings is 1. The maximum absolute atomic E-state index is 4.27. The van der Waals surface area contributed by atoms with Gasteiger partial charge in [-0.15, -0.1) is 0 Å². The quantitative estimate of drug-likeness (QED) is 0.844. The van der Waals surface area contributed by atoms with Crippen LogP contribution in [-0.4, -0.2) is 10.2 Å². The molecule has 0 saturated heterocycles. The molecule has 0 radical (unpaired) electrons. The molecule has 3 heteroatoms. The van der Waals surface area contributed by atoms with Gasteiger partial charge in [0, 0.05) is 11.3 Å². The van der Waals surface area contributed by atoms with Gasteiger partial charge in [-0.25, -0.2) is 0 Å². The van der Waals surface area contributed by atoms with Gasteiger partial charge in [0.15, 0.2) is 0 Å². The molecule has 2 nitrogen and oxygen atoms in total. The Morgan fingerprint density at radius 3 is 2.73 bits per heavy atom. The van der Waals surface area contributed by atoms with Crippen molar-refractivity contribution in [2.24, 2.45) is 0 Å². The van der Waals surface area contributed by atoms with Crippen LogP contribution in [0.15, 0.2) is 24.3 Å². The molecule has 1 heterocycles. The first kappa shape index (κ1) is 10.7. The smallest absolute Gasteiger partial charge is 0.131 e. The second-order valence-corrected chi connectivity index (χ2v) is 4.56. The molecular weight excluding hydrogens is 299 g/mol.